The van der Waals surface area contributed by atoms with Gasteiger partial charge in [-0.05, 0) is 25.3 Å². The van der Waals surface area contributed by atoms with Crippen molar-refractivity contribution >= 4 is 5.91 Å². The zero-order valence-corrected chi connectivity index (χ0v) is 10.8. The molecule has 2 aromatic rings. The van der Waals surface area contributed by atoms with Gasteiger partial charge in [-0.3, -0.25) is 9.89 Å². The van der Waals surface area contributed by atoms with E-state index in [2.05, 4.69) is 15.2 Å². The molecule has 5 nitrogen and oxygen atoms in total. The Balaban J connectivity index is 1.79. The molecule has 19 heavy (non-hydrogen) atoms. The van der Waals surface area contributed by atoms with Gasteiger partial charge in [0.05, 0.1) is 0 Å². The van der Waals surface area contributed by atoms with Crippen LogP contribution < -0.4 is 0 Å². The van der Waals surface area contributed by atoms with E-state index in [1.165, 1.54) is 0 Å². The molecular weight excluding hydrogens is 240 g/mol. The van der Waals surface area contributed by atoms with Gasteiger partial charge in [-0.25, -0.2) is 4.98 Å². The summed E-state index contributed by atoms with van der Waals surface area (Å²) < 4.78 is 0. The van der Waals surface area contributed by atoms with Crippen molar-refractivity contribution in [3.8, 4) is 0 Å². The van der Waals surface area contributed by atoms with Gasteiger partial charge in [0.15, 0.2) is 0 Å². The average molecular weight is 256 g/mol. The molecule has 0 atom stereocenters. The summed E-state index contributed by atoms with van der Waals surface area (Å²) in [5.41, 5.74) is 1.13. The quantitative estimate of drug-likeness (QED) is 0.909. The van der Waals surface area contributed by atoms with Crippen LogP contribution in [0.1, 0.15) is 34.8 Å². The molecule has 98 valence electrons. The number of hydrogen-bond donors (Lipinski definition) is 1. The van der Waals surface area contributed by atoms with Crippen LogP contribution in [0.2, 0.25) is 0 Å². The van der Waals surface area contributed by atoms with Crippen LogP contribution in [0.4, 0.5) is 0 Å². The van der Waals surface area contributed by atoms with E-state index < -0.39 is 0 Å². The first-order valence-electron chi connectivity index (χ1n) is 6.48. The van der Waals surface area contributed by atoms with Crippen LogP contribution in [0.3, 0.4) is 0 Å². The Labute approximate surface area is 111 Å². The maximum atomic E-state index is 12.4. The molecule has 1 amide bonds. The number of nitrogens with zero attached hydrogens (tertiary/aromatic N) is 3. The van der Waals surface area contributed by atoms with E-state index >= 15 is 0 Å². The number of rotatable bonds is 4. The molecule has 0 spiro atoms. The largest absolute Gasteiger partial charge is 0.329 e. The molecule has 1 aliphatic rings. The van der Waals surface area contributed by atoms with Crippen LogP contribution in [-0.2, 0) is 6.54 Å². The molecular formula is C14H16N4O. The fourth-order valence-electron chi connectivity index (χ4n) is 2.10. The number of H-pyrrole nitrogens is 1. The van der Waals surface area contributed by atoms with E-state index in [1.54, 1.807) is 6.92 Å². The summed E-state index contributed by atoms with van der Waals surface area (Å²) in [5.74, 6) is 0.842. The zero-order chi connectivity index (χ0) is 13.2. The maximum Gasteiger partial charge on any atom is 0.294 e. The van der Waals surface area contributed by atoms with Crippen LogP contribution in [0.5, 0.6) is 0 Å². The Morgan fingerprint density at radius 3 is 2.68 bits per heavy atom. The minimum atomic E-state index is -0.0873. The lowest BCUT2D eigenvalue weighted by Crippen LogP contribution is -2.33. The SMILES string of the molecule is Cc1nc(C(=O)N(Cc2ccccc2)C2CC2)n[nH]1. The van der Waals surface area contributed by atoms with E-state index in [-0.39, 0.29) is 11.7 Å². The molecule has 0 radical (unpaired) electrons. The molecule has 0 bridgehead atoms. The lowest BCUT2D eigenvalue weighted by atomic mass is 10.2. The van der Waals surface area contributed by atoms with E-state index in [4.69, 9.17) is 0 Å². The number of aromatic nitrogens is 3. The number of carbonyl (C=O) groups is 1. The first kappa shape index (κ1) is 11.9. The number of carbonyl (C=O) groups excluding carboxylic acids is 1. The molecule has 5 heteroatoms. The first-order valence-corrected chi connectivity index (χ1v) is 6.48. The van der Waals surface area contributed by atoms with Crippen molar-refractivity contribution in [3.63, 3.8) is 0 Å². The third-order valence-corrected chi connectivity index (χ3v) is 3.23. The van der Waals surface area contributed by atoms with Crippen molar-refractivity contribution in [3.05, 3.63) is 47.5 Å². The molecule has 3 rings (SSSR count). The van der Waals surface area contributed by atoms with Gasteiger partial charge < -0.3 is 4.90 Å². The lowest BCUT2D eigenvalue weighted by molar-refractivity contribution is 0.0718. The molecule has 1 saturated carbocycles. The highest BCUT2D eigenvalue weighted by Crippen LogP contribution is 2.29. The maximum absolute atomic E-state index is 12.4. The van der Waals surface area contributed by atoms with Gasteiger partial charge in [-0.15, -0.1) is 5.10 Å². The Morgan fingerprint density at radius 2 is 2.11 bits per heavy atom. The van der Waals surface area contributed by atoms with Gasteiger partial charge in [-0.1, -0.05) is 30.3 Å². The highest BCUT2D eigenvalue weighted by Gasteiger charge is 2.34. The van der Waals surface area contributed by atoms with Gasteiger partial charge in [-0.2, -0.15) is 0 Å². The van der Waals surface area contributed by atoms with Crippen molar-refractivity contribution < 1.29 is 4.79 Å². The molecule has 1 N–H and O–H groups in total. The van der Waals surface area contributed by atoms with E-state index in [9.17, 15) is 4.79 Å². The molecule has 0 unspecified atom stereocenters. The predicted molar refractivity (Wildman–Crippen MR) is 70.5 cm³/mol. The molecule has 1 aromatic carbocycles. The summed E-state index contributed by atoms with van der Waals surface area (Å²) in [6.45, 7) is 2.42. The fraction of sp³-hybridized carbons (Fsp3) is 0.357. The highest BCUT2D eigenvalue weighted by molar-refractivity contribution is 5.90. The summed E-state index contributed by atoms with van der Waals surface area (Å²) in [7, 11) is 0. The Hall–Kier alpha value is -2.17. The Bertz CT molecular complexity index is 574. The molecule has 1 fully saturated rings. The minimum Gasteiger partial charge on any atom is -0.329 e. The predicted octanol–water partition coefficient (Wildman–Crippen LogP) is 1.92. The smallest absolute Gasteiger partial charge is 0.294 e. The second-order valence-corrected chi connectivity index (χ2v) is 4.89. The van der Waals surface area contributed by atoms with Crippen LogP contribution in [0.15, 0.2) is 30.3 Å². The number of nitrogens with one attached hydrogen (secondary N) is 1. The lowest BCUT2D eigenvalue weighted by Gasteiger charge is -2.20. The second kappa shape index (κ2) is 4.84. The second-order valence-electron chi connectivity index (χ2n) is 4.89. The highest BCUT2D eigenvalue weighted by atomic mass is 16.2. The van der Waals surface area contributed by atoms with Crippen LogP contribution in [-0.4, -0.2) is 32.0 Å². The van der Waals surface area contributed by atoms with Crippen molar-refractivity contribution in [1.29, 1.82) is 0 Å². The van der Waals surface area contributed by atoms with Crippen molar-refractivity contribution in [2.75, 3.05) is 0 Å². The molecule has 0 aliphatic heterocycles. The number of aryl methyl sites for hydroxylation is 1. The van der Waals surface area contributed by atoms with E-state index in [0.29, 0.717) is 18.4 Å². The third-order valence-electron chi connectivity index (χ3n) is 3.23. The van der Waals surface area contributed by atoms with Gasteiger partial charge in [0.1, 0.15) is 5.82 Å². The van der Waals surface area contributed by atoms with Gasteiger partial charge in [0.2, 0.25) is 5.82 Å². The van der Waals surface area contributed by atoms with Crippen LogP contribution >= 0.6 is 0 Å². The number of benzene rings is 1. The summed E-state index contributed by atoms with van der Waals surface area (Å²) in [4.78, 5) is 18.4. The van der Waals surface area contributed by atoms with Crippen molar-refractivity contribution in [2.24, 2.45) is 0 Å². The molecule has 0 saturated heterocycles. The third kappa shape index (κ3) is 2.65. The average Bonchev–Trinajstić information content (AvgIpc) is 3.18. The van der Waals surface area contributed by atoms with Crippen LogP contribution in [0, 0.1) is 6.92 Å². The van der Waals surface area contributed by atoms with Crippen molar-refractivity contribution in [1.82, 2.24) is 20.1 Å². The first-order chi connectivity index (χ1) is 9.24. The fourth-order valence-corrected chi connectivity index (χ4v) is 2.10. The van der Waals surface area contributed by atoms with Gasteiger partial charge in [0, 0.05) is 12.6 Å². The minimum absolute atomic E-state index is 0.0873. The Morgan fingerprint density at radius 1 is 1.37 bits per heavy atom. The normalized spacial score (nSPS) is 14.4. The molecule has 1 aliphatic carbocycles. The topological polar surface area (TPSA) is 61.9 Å². The standard InChI is InChI=1S/C14H16N4O/c1-10-15-13(17-16-10)14(19)18(12-7-8-12)9-11-5-3-2-4-6-11/h2-6,12H,7-9H2,1H3,(H,15,16,17). The number of amides is 1. The summed E-state index contributed by atoms with van der Waals surface area (Å²) in [5, 5.41) is 6.68. The molecule has 1 aromatic heterocycles. The molecule has 1 heterocycles. The van der Waals surface area contributed by atoms with Gasteiger partial charge >= 0.3 is 0 Å². The van der Waals surface area contributed by atoms with E-state index in [0.717, 1.165) is 18.4 Å². The van der Waals surface area contributed by atoms with Crippen molar-refractivity contribution in [2.45, 2.75) is 32.4 Å². The van der Waals surface area contributed by atoms with Crippen LogP contribution in [0.25, 0.3) is 0 Å². The zero-order valence-electron chi connectivity index (χ0n) is 10.8. The number of aromatic amines is 1. The Kier molecular flexibility index (Phi) is 3.03. The van der Waals surface area contributed by atoms with E-state index in [1.807, 2.05) is 35.2 Å². The number of hydrogen-bond acceptors (Lipinski definition) is 3. The summed E-state index contributed by atoms with van der Waals surface area (Å²) in [6, 6.07) is 10.4. The monoisotopic (exact) mass is 256 g/mol. The summed E-state index contributed by atoms with van der Waals surface area (Å²) in [6.07, 6.45) is 2.14. The van der Waals surface area contributed by atoms with Gasteiger partial charge in [0.25, 0.3) is 5.91 Å². The summed E-state index contributed by atoms with van der Waals surface area (Å²) >= 11 is 0.